The molecule has 17 heavy (non-hydrogen) atoms. The van der Waals surface area contributed by atoms with Gasteiger partial charge in [-0.1, -0.05) is 34.6 Å². The van der Waals surface area contributed by atoms with Gasteiger partial charge in [0.05, 0.1) is 5.92 Å². The van der Waals surface area contributed by atoms with Crippen LogP contribution in [0.1, 0.15) is 41.0 Å². The second kappa shape index (κ2) is 5.38. The van der Waals surface area contributed by atoms with Crippen molar-refractivity contribution in [1.29, 1.82) is 0 Å². The van der Waals surface area contributed by atoms with Crippen molar-refractivity contribution in [2.24, 2.45) is 28.9 Å². The van der Waals surface area contributed by atoms with E-state index in [2.05, 4.69) is 34.6 Å². The van der Waals surface area contributed by atoms with Crippen LogP contribution in [-0.2, 0) is 4.79 Å². The van der Waals surface area contributed by atoms with Crippen LogP contribution in [0.2, 0.25) is 0 Å². The number of rotatable bonds is 3. The smallest absolute Gasteiger partial charge is 0.227 e. The average Bonchev–Trinajstić information content (AvgIpc) is 2.65. The van der Waals surface area contributed by atoms with Crippen molar-refractivity contribution in [2.75, 3.05) is 19.6 Å². The lowest BCUT2D eigenvalue weighted by Gasteiger charge is -2.29. The lowest BCUT2D eigenvalue weighted by atomic mass is 9.80. The van der Waals surface area contributed by atoms with E-state index < -0.39 is 0 Å². The van der Waals surface area contributed by atoms with Crippen molar-refractivity contribution in [2.45, 2.75) is 41.0 Å². The zero-order chi connectivity index (χ0) is 13.2. The molecular weight excluding hydrogens is 212 g/mol. The number of amides is 1. The van der Waals surface area contributed by atoms with Crippen LogP contribution in [0, 0.1) is 23.2 Å². The molecular formula is C14H28N2O. The van der Waals surface area contributed by atoms with Gasteiger partial charge in [0.1, 0.15) is 0 Å². The van der Waals surface area contributed by atoms with Crippen molar-refractivity contribution in [1.82, 2.24) is 4.90 Å². The van der Waals surface area contributed by atoms with Gasteiger partial charge >= 0.3 is 0 Å². The molecule has 1 fully saturated rings. The van der Waals surface area contributed by atoms with Gasteiger partial charge in [-0.15, -0.1) is 0 Å². The van der Waals surface area contributed by atoms with E-state index in [0.717, 1.165) is 19.5 Å². The Morgan fingerprint density at radius 2 is 2.00 bits per heavy atom. The first kappa shape index (κ1) is 14.5. The minimum Gasteiger partial charge on any atom is -0.342 e. The van der Waals surface area contributed by atoms with Crippen LogP contribution >= 0.6 is 0 Å². The molecule has 0 aromatic heterocycles. The van der Waals surface area contributed by atoms with Crippen molar-refractivity contribution in [3.63, 3.8) is 0 Å². The second-order valence-corrected chi connectivity index (χ2v) is 6.72. The third-order valence-corrected chi connectivity index (χ3v) is 4.10. The molecule has 100 valence electrons. The Morgan fingerprint density at radius 1 is 1.41 bits per heavy atom. The average molecular weight is 240 g/mol. The van der Waals surface area contributed by atoms with Gasteiger partial charge in [0.2, 0.25) is 5.91 Å². The third kappa shape index (κ3) is 3.44. The standard InChI is InChI=1S/C14H28N2O/c1-10(2)12(8-15)13(17)16-7-6-11(9-16)14(3,4)5/h10-12H,6-9,15H2,1-5H3. The Balaban J connectivity index is 2.62. The molecule has 1 rings (SSSR count). The van der Waals surface area contributed by atoms with Gasteiger partial charge in [-0.25, -0.2) is 0 Å². The fraction of sp³-hybridized carbons (Fsp3) is 0.929. The minimum absolute atomic E-state index is 0.00582. The van der Waals surface area contributed by atoms with E-state index in [-0.39, 0.29) is 11.8 Å². The molecule has 0 aliphatic carbocycles. The summed E-state index contributed by atoms with van der Waals surface area (Å²) in [5.74, 6) is 1.21. The Kier molecular flexibility index (Phi) is 4.59. The first-order valence-electron chi connectivity index (χ1n) is 6.76. The van der Waals surface area contributed by atoms with Gasteiger partial charge in [0, 0.05) is 19.6 Å². The van der Waals surface area contributed by atoms with Crippen LogP contribution in [0.3, 0.4) is 0 Å². The van der Waals surface area contributed by atoms with E-state index in [4.69, 9.17) is 5.73 Å². The number of hydrogen-bond acceptors (Lipinski definition) is 2. The molecule has 0 aromatic rings. The molecule has 2 N–H and O–H groups in total. The van der Waals surface area contributed by atoms with Gasteiger partial charge in [0.15, 0.2) is 0 Å². The van der Waals surface area contributed by atoms with E-state index >= 15 is 0 Å². The number of carbonyl (C=O) groups excluding carboxylic acids is 1. The summed E-state index contributed by atoms with van der Waals surface area (Å²) in [5.41, 5.74) is 6.01. The SMILES string of the molecule is CC(C)C(CN)C(=O)N1CCC(C(C)(C)C)C1. The Hall–Kier alpha value is -0.570. The summed E-state index contributed by atoms with van der Waals surface area (Å²) in [6.07, 6.45) is 1.13. The summed E-state index contributed by atoms with van der Waals surface area (Å²) < 4.78 is 0. The van der Waals surface area contributed by atoms with Gasteiger partial charge in [-0.05, 0) is 23.7 Å². The third-order valence-electron chi connectivity index (χ3n) is 4.10. The lowest BCUT2D eigenvalue weighted by molar-refractivity contribution is -0.135. The zero-order valence-electron chi connectivity index (χ0n) is 12.0. The van der Waals surface area contributed by atoms with Crippen LogP contribution in [0.25, 0.3) is 0 Å². The van der Waals surface area contributed by atoms with Crippen LogP contribution < -0.4 is 5.73 Å². The molecule has 0 saturated carbocycles. The molecule has 1 amide bonds. The van der Waals surface area contributed by atoms with Crippen molar-refractivity contribution in [3.8, 4) is 0 Å². The predicted octanol–water partition coefficient (Wildman–Crippen LogP) is 2.11. The van der Waals surface area contributed by atoms with E-state index in [0.29, 0.717) is 23.8 Å². The van der Waals surface area contributed by atoms with E-state index in [1.54, 1.807) is 0 Å². The number of nitrogens with zero attached hydrogens (tertiary/aromatic N) is 1. The van der Waals surface area contributed by atoms with Gasteiger partial charge in [-0.2, -0.15) is 0 Å². The minimum atomic E-state index is -0.00582. The Labute approximate surface area is 106 Å². The summed E-state index contributed by atoms with van der Waals surface area (Å²) in [7, 11) is 0. The molecule has 2 unspecified atom stereocenters. The maximum Gasteiger partial charge on any atom is 0.227 e. The molecule has 3 nitrogen and oxygen atoms in total. The molecule has 1 aliphatic heterocycles. The van der Waals surface area contributed by atoms with Crippen LogP contribution in [0.15, 0.2) is 0 Å². The molecule has 0 bridgehead atoms. The first-order chi connectivity index (χ1) is 7.77. The van der Waals surface area contributed by atoms with Crippen LogP contribution in [0.4, 0.5) is 0 Å². The molecule has 1 saturated heterocycles. The fourth-order valence-corrected chi connectivity index (χ4v) is 2.56. The molecule has 0 spiro atoms. The topological polar surface area (TPSA) is 46.3 Å². The summed E-state index contributed by atoms with van der Waals surface area (Å²) in [6.45, 7) is 13.2. The number of likely N-dealkylation sites (tertiary alicyclic amines) is 1. The van der Waals surface area contributed by atoms with Gasteiger partial charge < -0.3 is 10.6 Å². The normalized spacial score (nSPS) is 23.2. The molecule has 3 heteroatoms. The second-order valence-electron chi connectivity index (χ2n) is 6.72. The lowest BCUT2D eigenvalue weighted by Crippen LogP contribution is -2.40. The highest BCUT2D eigenvalue weighted by atomic mass is 16.2. The van der Waals surface area contributed by atoms with Gasteiger partial charge in [-0.3, -0.25) is 4.79 Å². The summed E-state index contributed by atoms with van der Waals surface area (Å²) >= 11 is 0. The molecule has 1 aliphatic rings. The maximum absolute atomic E-state index is 12.3. The number of carbonyl (C=O) groups is 1. The molecule has 2 atom stereocenters. The van der Waals surface area contributed by atoms with Gasteiger partial charge in [0.25, 0.3) is 0 Å². The monoisotopic (exact) mass is 240 g/mol. The molecule has 0 radical (unpaired) electrons. The highest BCUT2D eigenvalue weighted by Crippen LogP contribution is 2.34. The van der Waals surface area contributed by atoms with E-state index in [1.807, 2.05) is 4.90 Å². The Bertz CT molecular complexity index is 268. The number of hydrogen-bond donors (Lipinski definition) is 1. The van der Waals surface area contributed by atoms with Crippen molar-refractivity contribution in [3.05, 3.63) is 0 Å². The van der Waals surface area contributed by atoms with Crippen molar-refractivity contribution < 1.29 is 4.79 Å². The fourth-order valence-electron chi connectivity index (χ4n) is 2.56. The van der Waals surface area contributed by atoms with Crippen LogP contribution in [-0.4, -0.2) is 30.4 Å². The molecule has 0 aromatic carbocycles. The Morgan fingerprint density at radius 3 is 2.35 bits per heavy atom. The maximum atomic E-state index is 12.3. The quantitative estimate of drug-likeness (QED) is 0.821. The first-order valence-corrected chi connectivity index (χ1v) is 6.76. The van der Waals surface area contributed by atoms with Crippen LogP contribution in [0.5, 0.6) is 0 Å². The van der Waals surface area contributed by atoms with E-state index in [9.17, 15) is 4.79 Å². The molecule has 1 heterocycles. The number of nitrogens with two attached hydrogens (primary N) is 1. The highest BCUT2D eigenvalue weighted by molar-refractivity contribution is 5.79. The highest BCUT2D eigenvalue weighted by Gasteiger charge is 2.36. The summed E-state index contributed by atoms with van der Waals surface area (Å²) in [4.78, 5) is 14.4. The van der Waals surface area contributed by atoms with Crippen molar-refractivity contribution >= 4 is 5.91 Å². The van der Waals surface area contributed by atoms with E-state index in [1.165, 1.54) is 0 Å². The largest absolute Gasteiger partial charge is 0.342 e. The predicted molar refractivity (Wildman–Crippen MR) is 71.5 cm³/mol. The summed E-state index contributed by atoms with van der Waals surface area (Å²) in [5, 5.41) is 0. The zero-order valence-corrected chi connectivity index (χ0v) is 12.0. The summed E-state index contributed by atoms with van der Waals surface area (Å²) in [6, 6.07) is 0.